The lowest BCUT2D eigenvalue weighted by molar-refractivity contribution is -0.141. The zero-order valence-electron chi connectivity index (χ0n) is 17.2. The third kappa shape index (κ3) is 5.84. The molecule has 2 amide bonds. The van der Waals surface area contributed by atoms with E-state index in [0.29, 0.717) is 25.8 Å². The molecular formula is C23H30N2O3. The van der Waals surface area contributed by atoms with E-state index in [1.54, 1.807) is 19.1 Å². The summed E-state index contributed by atoms with van der Waals surface area (Å²) in [6, 6.07) is 15.3. The lowest BCUT2D eigenvalue weighted by atomic mass is 10.1. The van der Waals surface area contributed by atoms with Crippen molar-refractivity contribution < 1.29 is 14.3 Å². The standard InChI is InChI=1S/C23H30N2O3/c1-5-21(23(27)24-3)25(16-19-7-6-8-20(15-19)28-4)22(26)14-13-18-11-9-17(2)10-12-18/h6-12,15,21H,5,13-14,16H2,1-4H3,(H,24,27). The Hall–Kier alpha value is -2.82. The molecular weight excluding hydrogens is 352 g/mol. The highest BCUT2D eigenvalue weighted by Gasteiger charge is 2.27. The van der Waals surface area contributed by atoms with Crippen molar-refractivity contribution in [1.82, 2.24) is 10.2 Å². The molecule has 28 heavy (non-hydrogen) atoms. The van der Waals surface area contributed by atoms with Crippen LogP contribution in [0, 0.1) is 6.92 Å². The maximum Gasteiger partial charge on any atom is 0.242 e. The van der Waals surface area contributed by atoms with Crippen LogP contribution in [0.5, 0.6) is 5.75 Å². The van der Waals surface area contributed by atoms with Gasteiger partial charge in [0, 0.05) is 20.0 Å². The molecule has 0 aromatic heterocycles. The second-order valence-electron chi connectivity index (χ2n) is 6.90. The number of benzene rings is 2. The highest BCUT2D eigenvalue weighted by atomic mass is 16.5. The molecule has 2 aromatic rings. The number of rotatable bonds is 9. The Bertz CT molecular complexity index is 787. The summed E-state index contributed by atoms with van der Waals surface area (Å²) in [4.78, 5) is 27.1. The smallest absolute Gasteiger partial charge is 0.242 e. The van der Waals surface area contributed by atoms with Crippen molar-refractivity contribution in [3.8, 4) is 5.75 Å². The summed E-state index contributed by atoms with van der Waals surface area (Å²) in [6.07, 6.45) is 1.57. The van der Waals surface area contributed by atoms with Crippen LogP contribution in [-0.2, 0) is 22.6 Å². The monoisotopic (exact) mass is 382 g/mol. The van der Waals surface area contributed by atoms with E-state index in [4.69, 9.17) is 4.74 Å². The first-order chi connectivity index (χ1) is 13.5. The number of hydrogen-bond acceptors (Lipinski definition) is 3. The second kappa shape index (κ2) is 10.5. The quantitative estimate of drug-likeness (QED) is 0.722. The van der Waals surface area contributed by atoms with Crippen molar-refractivity contribution in [1.29, 1.82) is 0 Å². The fourth-order valence-electron chi connectivity index (χ4n) is 3.20. The van der Waals surface area contributed by atoms with Gasteiger partial charge in [-0.05, 0) is 43.0 Å². The molecule has 0 saturated heterocycles. The number of hydrogen-bond donors (Lipinski definition) is 1. The van der Waals surface area contributed by atoms with Crippen LogP contribution in [0.4, 0.5) is 0 Å². The predicted molar refractivity (Wildman–Crippen MR) is 111 cm³/mol. The topological polar surface area (TPSA) is 58.6 Å². The van der Waals surface area contributed by atoms with Crippen molar-refractivity contribution in [2.45, 2.75) is 45.7 Å². The fourth-order valence-corrected chi connectivity index (χ4v) is 3.20. The van der Waals surface area contributed by atoms with Crippen LogP contribution in [0.1, 0.15) is 36.5 Å². The average Bonchev–Trinajstić information content (AvgIpc) is 2.72. The van der Waals surface area contributed by atoms with Gasteiger partial charge in [-0.25, -0.2) is 0 Å². The molecule has 0 bridgehead atoms. The Morgan fingerprint density at radius 3 is 2.43 bits per heavy atom. The number of methoxy groups -OCH3 is 1. The largest absolute Gasteiger partial charge is 0.497 e. The predicted octanol–water partition coefficient (Wildman–Crippen LogP) is 3.49. The number of aryl methyl sites for hydroxylation is 2. The number of ether oxygens (including phenoxy) is 1. The molecule has 1 unspecified atom stereocenters. The van der Waals surface area contributed by atoms with E-state index < -0.39 is 6.04 Å². The number of carbonyl (C=O) groups excluding carboxylic acids is 2. The van der Waals surface area contributed by atoms with Crippen molar-refractivity contribution in [2.24, 2.45) is 0 Å². The van der Waals surface area contributed by atoms with Gasteiger partial charge in [0.1, 0.15) is 11.8 Å². The minimum Gasteiger partial charge on any atom is -0.497 e. The summed E-state index contributed by atoms with van der Waals surface area (Å²) in [5.74, 6) is 0.561. The van der Waals surface area contributed by atoms with Crippen LogP contribution in [0.2, 0.25) is 0 Å². The number of nitrogens with one attached hydrogen (secondary N) is 1. The van der Waals surface area contributed by atoms with Crippen LogP contribution in [0.15, 0.2) is 48.5 Å². The number of carbonyl (C=O) groups is 2. The Balaban J connectivity index is 2.19. The summed E-state index contributed by atoms with van der Waals surface area (Å²) >= 11 is 0. The first-order valence-corrected chi connectivity index (χ1v) is 9.68. The van der Waals surface area contributed by atoms with Crippen LogP contribution >= 0.6 is 0 Å². The first-order valence-electron chi connectivity index (χ1n) is 9.68. The zero-order valence-corrected chi connectivity index (χ0v) is 17.2. The zero-order chi connectivity index (χ0) is 20.5. The molecule has 2 rings (SSSR count). The van der Waals surface area contributed by atoms with E-state index in [1.807, 2.05) is 62.4 Å². The third-order valence-electron chi connectivity index (χ3n) is 4.87. The molecule has 0 fully saturated rings. The van der Waals surface area contributed by atoms with Gasteiger partial charge in [0.25, 0.3) is 0 Å². The molecule has 1 N–H and O–H groups in total. The summed E-state index contributed by atoms with van der Waals surface area (Å²) in [6.45, 7) is 4.33. The van der Waals surface area contributed by atoms with Crippen molar-refractivity contribution >= 4 is 11.8 Å². The Morgan fingerprint density at radius 2 is 1.82 bits per heavy atom. The normalized spacial score (nSPS) is 11.6. The highest BCUT2D eigenvalue weighted by Crippen LogP contribution is 2.18. The van der Waals surface area contributed by atoms with Crippen LogP contribution in [0.3, 0.4) is 0 Å². The van der Waals surface area contributed by atoms with Gasteiger partial charge < -0.3 is 15.0 Å². The van der Waals surface area contributed by atoms with E-state index in [9.17, 15) is 9.59 Å². The van der Waals surface area contributed by atoms with Crippen molar-refractivity contribution in [3.05, 3.63) is 65.2 Å². The van der Waals surface area contributed by atoms with Crippen molar-refractivity contribution in [2.75, 3.05) is 14.2 Å². The molecule has 5 nitrogen and oxygen atoms in total. The summed E-state index contributed by atoms with van der Waals surface area (Å²) in [7, 11) is 3.22. The van der Waals surface area contributed by atoms with Gasteiger partial charge in [-0.3, -0.25) is 9.59 Å². The summed E-state index contributed by atoms with van der Waals surface area (Å²) in [5.41, 5.74) is 3.25. The molecule has 0 saturated carbocycles. The van der Waals surface area contributed by atoms with Gasteiger partial charge in [-0.2, -0.15) is 0 Å². The third-order valence-corrected chi connectivity index (χ3v) is 4.87. The Morgan fingerprint density at radius 1 is 1.11 bits per heavy atom. The number of likely N-dealkylation sites (N-methyl/N-ethyl adjacent to an activating group) is 1. The molecule has 1 atom stereocenters. The van der Waals surface area contributed by atoms with Gasteiger partial charge in [-0.1, -0.05) is 48.9 Å². The molecule has 0 aliphatic carbocycles. The Labute approximate surface area is 167 Å². The van der Waals surface area contributed by atoms with Crippen molar-refractivity contribution in [3.63, 3.8) is 0 Å². The highest BCUT2D eigenvalue weighted by molar-refractivity contribution is 5.87. The molecule has 150 valence electrons. The second-order valence-corrected chi connectivity index (χ2v) is 6.90. The molecule has 0 spiro atoms. The van der Waals surface area contributed by atoms with Gasteiger partial charge in [0.05, 0.1) is 7.11 Å². The average molecular weight is 383 g/mol. The van der Waals surface area contributed by atoms with Gasteiger partial charge in [0.2, 0.25) is 11.8 Å². The first kappa shape index (κ1) is 21.5. The molecule has 0 heterocycles. The minimum absolute atomic E-state index is 0.0288. The summed E-state index contributed by atoms with van der Waals surface area (Å²) in [5, 5.41) is 2.68. The van der Waals surface area contributed by atoms with Gasteiger partial charge in [0.15, 0.2) is 0 Å². The summed E-state index contributed by atoms with van der Waals surface area (Å²) < 4.78 is 5.28. The lowest BCUT2D eigenvalue weighted by Gasteiger charge is -2.30. The number of amides is 2. The van der Waals surface area contributed by atoms with Gasteiger partial charge in [-0.15, -0.1) is 0 Å². The number of nitrogens with zero attached hydrogens (tertiary/aromatic N) is 1. The molecule has 0 radical (unpaired) electrons. The van der Waals surface area contributed by atoms with E-state index in [1.165, 1.54) is 5.56 Å². The van der Waals surface area contributed by atoms with Crippen LogP contribution in [0.25, 0.3) is 0 Å². The fraction of sp³-hybridized carbons (Fsp3) is 0.391. The maximum absolute atomic E-state index is 13.1. The van der Waals surface area contributed by atoms with Gasteiger partial charge >= 0.3 is 0 Å². The van der Waals surface area contributed by atoms with E-state index in [0.717, 1.165) is 16.9 Å². The molecule has 5 heteroatoms. The molecule has 2 aromatic carbocycles. The Kier molecular flexibility index (Phi) is 8.05. The molecule has 0 aliphatic rings. The molecule has 0 aliphatic heterocycles. The van der Waals surface area contributed by atoms with E-state index in [-0.39, 0.29) is 11.8 Å². The lowest BCUT2D eigenvalue weighted by Crippen LogP contribution is -2.48. The SMILES string of the molecule is CCC(C(=O)NC)N(Cc1cccc(OC)c1)C(=O)CCc1ccc(C)cc1. The maximum atomic E-state index is 13.1. The van der Waals surface area contributed by atoms with Crippen LogP contribution in [-0.4, -0.2) is 36.9 Å². The minimum atomic E-state index is -0.498. The van der Waals surface area contributed by atoms with E-state index in [2.05, 4.69) is 5.32 Å². The van der Waals surface area contributed by atoms with Crippen LogP contribution < -0.4 is 10.1 Å². The van der Waals surface area contributed by atoms with E-state index >= 15 is 0 Å².